The summed E-state index contributed by atoms with van der Waals surface area (Å²) in [5.74, 6) is -3.66. The fourth-order valence-electron chi connectivity index (χ4n) is 8.12. The first kappa shape index (κ1) is 34.3. The van der Waals surface area contributed by atoms with Gasteiger partial charge in [0.15, 0.2) is 0 Å². The summed E-state index contributed by atoms with van der Waals surface area (Å²) in [4.78, 5) is 8.95. The molecule has 0 amide bonds. The van der Waals surface area contributed by atoms with Gasteiger partial charge in [-0.05, 0) is 46.5 Å². The zero-order valence-electron chi connectivity index (χ0n) is 27.7. The van der Waals surface area contributed by atoms with E-state index in [1.165, 1.54) is 0 Å². The Morgan fingerprint density at radius 3 is 2.08 bits per heavy atom. The van der Waals surface area contributed by atoms with Crippen LogP contribution < -0.4 is 9.47 Å². The Bertz CT molecular complexity index is 1820. The van der Waals surface area contributed by atoms with Crippen LogP contribution in [-0.2, 0) is 4.74 Å². The summed E-state index contributed by atoms with van der Waals surface area (Å²) in [7, 11) is 0. The van der Waals surface area contributed by atoms with Gasteiger partial charge < -0.3 is 39.7 Å². The lowest BCUT2D eigenvalue weighted by Crippen LogP contribution is -2.60. The number of benzene rings is 3. The van der Waals surface area contributed by atoms with Gasteiger partial charge in [0.2, 0.25) is 6.29 Å². The summed E-state index contributed by atoms with van der Waals surface area (Å²) in [5, 5.41) is 51.8. The van der Waals surface area contributed by atoms with E-state index in [2.05, 4.69) is 14.8 Å². The van der Waals surface area contributed by atoms with E-state index in [1.807, 2.05) is 48.5 Å². The van der Waals surface area contributed by atoms with E-state index >= 15 is 8.78 Å². The molecule has 9 atom stereocenters. The highest BCUT2D eigenvalue weighted by atomic mass is 19.3. The van der Waals surface area contributed by atoms with E-state index < -0.39 is 61.2 Å². The number of aliphatic hydroxyl groups is 5. The maximum Gasteiger partial charge on any atom is 0.263 e. The van der Waals surface area contributed by atoms with E-state index in [0.717, 1.165) is 22.3 Å². The lowest BCUT2D eigenvalue weighted by atomic mass is 9.90. The minimum atomic E-state index is -2.75. The Kier molecular flexibility index (Phi) is 9.18. The van der Waals surface area contributed by atoms with E-state index in [1.54, 1.807) is 30.5 Å². The molecular weight excluding hydrogens is 664 g/mol. The molecule has 13 heteroatoms. The molecule has 1 aromatic heterocycles. The predicted octanol–water partition coefficient (Wildman–Crippen LogP) is 2.39. The molecule has 3 heterocycles. The van der Waals surface area contributed by atoms with Crippen molar-refractivity contribution in [3.05, 3.63) is 101 Å². The molecule has 4 aromatic rings. The fraction of sp³-hybridized carbons (Fsp3) is 0.447. The molecule has 5 N–H and O–H groups in total. The molecule has 4 aliphatic rings. The number of β-amino-alcohol motifs (C(OH)–C–C–N with tert-alkyl or cyclic N) is 1. The van der Waals surface area contributed by atoms with Crippen LogP contribution in [0.2, 0.25) is 0 Å². The van der Waals surface area contributed by atoms with Crippen LogP contribution in [0.4, 0.5) is 8.78 Å². The van der Waals surface area contributed by atoms with Crippen LogP contribution in [0.15, 0.2) is 79.0 Å². The van der Waals surface area contributed by atoms with Crippen molar-refractivity contribution in [1.82, 2.24) is 14.8 Å². The van der Waals surface area contributed by atoms with Crippen molar-refractivity contribution >= 4 is 10.9 Å². The summed E-state index contributed by atoms with van der Waals surface area (Å²) in [6.07, 6.45) is -6.41. The van der Waals surface area contributed by atoms with Crippen LogP contribution in [0.5, 0.6) is 11.5 Å². The van der Waals surface area contributed by atoms with Crippen LogP contribution in [0.3, 0.4) is 0 Å². The molecule has 2 aliphatic carbocycles. The average molecular weight is 706 g/mol. The number of aromatic nitrogens is 1. The number of halogens is 2. The summed E-state index contributed by atoms with van der Waals surface area (Å²) >= 11 is 0. The Hall–Kier alpha value is -3.79. The quantitative estimate of drug-likeness (QED) is 0.175. The molecule has 11 nitrogen and oxygen atoms in total. The largest absolute Gasteiger partial charge is 0.490 e. The van der Waals surface area contributed by atoms with Gasteiger partial charge in [-0.3, -0.25) is 14.8 Å². The molecular formula is C38H41F2N3O8. The lowest BCUT2D eigenvalue weighted by molar-refractivity contribution is -0.277. The van der Waals surface area contributed by atoms with Crippen LogP contribution in [0.25, 0.3) is 10.9 Å². The third-order valence-corrected chi connectivity index (χ3v) is 10.8. The monoisotopic (exact) mass is 705 g/mol. The number of fused-ring (bicyclic) bond motifs is 6. The van der Waals surface area contributed by atoms with Crippen molar-refractivity contribution < 1.29 is 48.5 Å². The Morgan fingerprint density at radius 1 is 0.804 bits per heavy atom. The van der Waals surface area contributed by atoms with Gasteiger partial charge in [0.25, 0.3) is 5.92 Å². The van der Waals surface area contributed by atoms with Gasteiger partial charge in [0.1, 0.15) is 54.1 Å². The highest BCUT2D eigenvalue weighted by molar-refractivity contribution is 5.89. The number of nitrogens with zero attached hydrogens (tertiary/aromatic N) is 3. The standard InChI is InChI=1S/C38H41F2N3O8/c39-38(40)30-22-6-1-3-8-24(22)33(25-9-4-2-7-23(25)31(30)38)43-16-14-42(15-17-43)18-21(45)20-49-27-11-12-28(32-26(27)10-5-13-41-32)50-37-36(48)35(47)34(46)29(19-44)51-37/h1-13,21,29-31,33-37,44-48H,14-20H2/t21-,29-,30-,31+,33?,34-,35+,36-,37-/m1/s1. The Morgan fingerprint density at radius 2 is 1.43 bits per heavy atom. The molecule has 8 rings (SSSR count). The van der Waals surface area contributed by atoms with Gasteiger partial charge in [0.05, 0.1) is 24.5 Å². The van der Waals surface area contributed by atoms with Crippen molar-refractivity contribution in [1.29, 1.82) is 0 Å². The van der Waals surface area contributed by atoms with Crippen molar-refractivity contribution in [2.24, 2.45) is 0 Å². The van der Waals surface area contributed by atoms with Crippen molar-refractivity contribution in [3.8, 4) is 11.5 Å². The lowest BCUT2D eigenvalue weighted by Gasteiger charge is -2.41. The second-order valence-corrected chi connectivity index (χ2v) is 13.9. The van der Waals surface area contributed by atoms with Crippen LogP contribution >= 0.6 is 0 Å². The number of piperazine rings is 1. The SMILES string of the molecule is OC[C@H]1O[C@@H](Oc2ccc(OC[C@H](O)CN3CCN(C4c5ccccc5[C@@H]5[C@H](c6ccccc64)C5(F)F)CC3)c3cccnc23)[C@H](O)[C@@H](O)[C@@H]1O. The van der Waals surface area contributed by atoms with E-state index in [4.69, 9.17) is 14.2 Å². The van der Waals surface area contributed by atoms with Crippen LogP contribution in [-0.4, -0.2) is 129 Å². The van der Waals surface area contributed by atoms with E-state index in [-0.39, 0.29) is 18.4 Å². The third kappa shape index (κ3) is 6.15. The predicted molar refractivity (Wildman–Crippen MR) is 181 cm³/mol. The number of hydrogen-bond acceptors (Lipinski definition) is 11. The van der Waals surface area contributed by atoms with Crippen molar-refractivity contribution in [2.75, 3.05) is 45.9 Å². The Balaban J connectivity index is 0.907. The van der Waals surface area contributed by atoms with Gasteiger partial charge >= 0.3 is 0 Å². The summed E-state index contributed by atoms with van der Waals surface area (Å²) < 4.78 is 47.6. The maximum absolute atomic E-state index is 15.1. The summed E-state index contributed by atoms with van der Waals surface area (Å²) in [6, 6.07) is 21.9. The molecule has 2 saturated heterocycles. The van der Waals surface area contributed by atoms with E-state index in [9.17, 15) is 25.5 Å². The zero-order valence-corrected chi connectivity index (χ0v) is 27.7. The molecule has 0 radical (unpaired) electrons. The number of alkyl halides is 2. The van der Waals surface area contributed by atoms with Gasteiger partial charge in [-0.1, -0.05) is 48.5 Å². The number of ether oxygens (including phenoxy) is 3. The van der Waals surface area contributed by atoms with Gasteiger partial charge in [-0.15, -0.1) is 0 Å². The first-order valence-electron chi connectivity index (χ1n) is 17.3. The summed E-state index contributed by atoms with van der Waals surface area (Å²) in [5.41, 5.74) is 3.76. The van der Waals surface area contributed by atoms with Crippen LogP contribution in [0.1, 0.15) is 40.1 Å². The molecule has 1 saturated carbocycles. The maximum atomic E-state index is 15.1. The highest BCUT2D eigenvalue weighted by Gasteiger charge is 2.71. The van der Waals surface area contributed by atoms with E-state index in [0.29, 0.717) is 49.4 Å². The minimum absolute atomic E-state index is 0.0114. The Labute approximate surface area is 293 Å². The smallest absolute Gasteiger partial charge is 0.263 e. The normalized spacial score (nSPS) is 30.8. The zero-order chi connectivity index (χ0) is 35.4. The second-order valence-electron chi connectivity index (χ2n) is 13.9. The number of aliphatic hydroxyl groups excluding tert-OH is 5. The first-order chi connectivity index (χ1) is 24.7. The minimum Gasteiger partial charge on any atom is -0.490 e. The number of rotatable bonds is 9. The van der Waals surface area contributed by atoms with Crippen LogP contribution in [0, 0.1) is 0 Å². The number of hydrogen-bond donors (Lipinski definition) is 5. The molecule has 2 aliphatic heterocycles. The third-order valence-electron chi connectivity index (χ3n) is 10.8. The molecule has 0 bridgehead atoms. The highest BCUT2D eigenvalue weighted by Crippen LogP contribution is 2.70. The fourth-order valence-corrected chi connectivity index (χ4v) is 8.12. The van der Waals surface area contributed by atoms with Gasteiger partial charge in [-0.25, -0.2) is 8.78 Å². The first-order valence-corrected chi connectivity index (χ1v) is 17.3. The topological polar surface area (TPSA) is 148 Å². The molecule has 3 aromatic carbocycles. The molecule has 270 valence electrons. The molecule has 0 spiro atoms. The average Bonchev–Trinajstić information content (AvgIpc) is 3.76. The molecule has 3 fully saturated rings. The summed E-state index contributed by atoms with van der Waals surface area (Å²) in [6.45, 7) is 2.61. The van der Waals surface area contributed by atoms with Gasteiger partial charge in [0, 0.05) is 44.3 Å². The van der Waals surface area contributed by atoms with Crippen molar-refractivity contribution in [3.63, 3.8) is 0 Å². The van der Waals surface area contributed by atoms with Crippen molar-refractivity contribution in [2.45, 2.75) is 60.6 Å². The second kappa shape index (κ2) is 13.6. The number of pyridine rings is 1. The van der Waals surface area contributed by atoms with Gasteiger partial charge in [-0.2, -0.15) is 0 Å². The molecule has 1 unspecified atom stereocenters. The molecule has 51 heavy (non-hydrogen) atoms.